The first-order chi connectivity index (χ1) is 9.60. The Morgan fingerprint density at radius 1 is 1.40 bits per heavy atom. The minimum absolute atomic E-state index is 0.0467. The molecule has 0 spiro atoms. The van der Waals surface area contributed by atoms with Crippen molar-refractivity contribution in [1.82, 2.24) is 10.1 Å². The molecule has 108 valence electrons. The third-order valence-corrected chi connectivity index (χ3v) is 3.45. The van der Waals surface area contributed by atoms with E-state index in [2.05, 4.69) is 17.1 Å². The SMILES string of the molecule is CC(CCN)CCc1nc(-c2ccc(F)c(Cl)c2)no1. The highest BCUT2D eigenvalue weighted by Gasteiger charge is 2.11. The highest BCUT2D eigenvalue weighted by molar-refractivity contribution is 6.31. The van der Waals surface area contributed by atoms with Crippen molar-refractivity contribution in [3.05, 3.63) is 34.9 Å². The Kier molecular flexibility index (Phi) is 5.09. The number of aromatic nitrogens is 2. The molecule has 1 aromatic heterocycles. The summed E-state index contributed by atoms with van der Waals surface area (Å²) >= 11 is 5.73. The Balaban J connectivity index is 2.03. The number of aryl methyl sites for hydroxylation is 1. The summed E-state index contributed by atoms with van der Waals surface area (Å²) in [4.78, 5) is 4.29. The molecule has 4 nitrogen and oxygen atoms in total. The first-order valence-electron chi connectivity index (χ1n) is 6.58. The van der Waals surface area contributed by atoms with Crippen LogP contribution in [0.3, 0.4) is 0 Å². The molecule has 20 heavy (non-hydrogen) atoms. The molecule has 0 aliphatic rings. The van der Waals surface area contributed by atoms with Gasteiger partial charge >= 0.3 is 0 Å². The van der Waals surface area contributed by atoms with Crippen molar-refractivity contribution in [2.45, 2.75) is 26.2 Å². The van der Waals surface area contributed by atoms with Gasteiger partial charge in [-0.2, -0.15) is 4.98 Å². The van der Waals surface area contributed by atoms with Gasteiger partial charge in [-0.25, -0.2) is 4.39 Å². The van der Waals surface area contributed by atoms with Crippen LogP contribution >= 0.6 is 11.6 Å². The van der Waals surface area contributed by atoms with Crippen LogP contribution in [0.25, 0.3) is 11.4 Å². The van der Waals surface area contributed by atoms with E-state index in [-0.39, 0.29) is 5.02 Å². The van der Waals surface area contributed by atoms with Crippen molar-refractivity contribution in [2.75, 3.05) is 6.54 Å². The average molecular weight is 298 g/mol. The van der Waals surface area contributed by atoms with Crippen LogP contribution in [0.2, 0.25) is 5.02 Å². The lowest BCUT2D eigenvalue weighted by Crippen LogP contribution is -2.06. The van der Waals surface area contributed by atoms with Gasteiger partial charge in [0.25, 0.3) is 0 Å². The second kappa shape index (κ2) is 6.81. The molecule has 0 aliphatic carbocycles. The van der Waals surface area contributed by atoms with Gasteiger partial charge in [0, 0.05) is 12.0 Å². The van der Waals surface area contributed by atoms with Crippen LogP contribution in [0.5, 0.6) is 0 Å². The monoisotopic (exact) mass is 297 g/mol. The molecule has 2 rings (SSSR count). The third kappa shape index (κ3) is 3.77. The zero-order valence-electron chi connectivity index (χ0n) is 11.3. The van der Waals surface area contributed by atoms with E-state index >= 15 is 0 Å². The molecule has 0 aliphatic heterocycles. The predicted octanol–water partition coefficient (Wildman–Crippen LogP) is 3.45. The molecule has 0 radical (unpaired) electrons. The van der Waals surface area contributed by atoms with Gasteiger partial charge in [0.15, 0.2) is 0 Å². The summed E-state index contributed by atoms with van der Waals surface area (Å²) in [5, 5.41) is 3.94. The Bertz CT molecular complexity index is 573. The summed E-state index contributed by atoms with van der Waals surface area (Å²) in [6.45, 7) is 2.83. The number of hydrogen-bond donors (Lipinski definition) is 1. The van der Waals surface area contributed by atoms with Crippen molar-refractivity contribution >= 4 is 11.6 Å². The molecule has 6 heteroatoms. The standard InChI is InChI=1S/C14H17ClFN3O/c1-9(6-7-17)2-5-13-18-14(19-20-13)10-3-4-12(16)11(15)8-10/h3-4,8-9H,2,5-7,17H2,1H3. The van der Waals surface area contributed by atoms with E-state index in [9.17, 15) is 4.39 Å². The summed E-state index contributed by atoms with van der Waals surface area (Å²) in [7, 11) is 0. The highest BCUT2D eigenvalue weighted by Crippen LogP contribution is 2.23. The lowest BCUT2D eigenvalue weighted by molar-refractivity contribution is 0.362. The number of hydrogen-bond acceptors (Lipinski definition) is 4. The topological polar surface area (TPSA) is 64.9 Å². The minimum atomic E-state index is -0.463. The minimum Gasteiger partial charge on any atom is -0.339 e. The van der Waals surface area contributed by atoms with Crippen LogP contribution in [-0.4, -0.2) is 16.7 Å². The molecule has 0 bridgehead atoms. The zero-order valence-corrected chi connectivity index (χ0v) is 12.0. The number of rotatable bonds is 6. The molecule has 0 fully saturated rings. The van der Waals surface area contributed by atoms with Crippen LogP contribution in [0, 0.1) is 11.7 Å². The van der Waals surface area contributed by atoms with Crippen molar-refractivity contribution in [3.63, 3.8) is 0 Å². The molecule has 2 aromatic rings. The van der Waals surface area contributed by atoms with Crippen LogP contribution in [-0.2, 0) is 6.42 Å². The molecule has 2 N–H and O–H groups in total. The van der Waals surface area contributed by atoms with Gasteiger partial charge in [0.05, 0.1) is 5.02 Å². The second-order valence-electron chi connectivity index (χ2n) is 4.86. The number of nitrogens with two attached hydrogens (primary N) is 1. The maximum absolute atomic E-state index is 13.1. The maximum atomic E-state index is 13.1. The van der Waals surface area contributed by atoms with E-state index in [0.717, 1.165) is 12.8 Å². The van der Waals surface area contributed by atoms with Crippen molar-refractivity contribution < 1.29 is 8.91 Å². The second-order valence-corrected chi connectivity index (χ2v) is 5.27. The molecule has 1 unspecified atom stereocenters. The molecule has 1 atom stereocenters. The molecule has 0 saturated carbocycles. The van der Waals surface area contributed by atoms with E-state index in [0.29, 0.717) is 36.2 Å². The zero-order chi connectivity index (χ0) is 14.5. The highest BCUT2D eigenvalue weighted by atomic mass is 35.5. The van der Waals surface area contributed by atoms with E-state index in [1.165, 1.54) is 12.1 Å². The molecule has 0 amide bonds. The largest absolute Gasteiger partial charge is 0.339 e. The summed E-state index contributed by atoms with van der Waals surface area (Å²) in [5.74, 6) is 1.06. The van der Waals surface area contributed by atoms with E-state index in [4.69, 9.17) is 21.9 Å². The fourth-order valence-corrected chi connectivity index (χ4v) is 2.09. The van der Waals surface area contributed by atoms with E-state index < -0.39 is 5.82 Å². The molecular weight excluding hydrogens is 281 g/mol. The molecule has 1 heterocycles. The van der Waals surface area contributed by atoms with E-state index in [1.54, 1.807) is 6.07 Å². The Morgan fingerprint density at radius 2 is 2.20 bits per heavy atom. The van der Waals surface area contributed by atoms with Gasteiger partial charge in [-0.3, -0.25) is 0 Å². The van der Waals surface area contributed by atoms with Crippen molar-refractivity contribution in [1.29, 1.82) is 0 Å². The van der Waals surface area contributed by atoms with Gasteiger partial charge in [-0.1, -0.05) is 23.7 Å². The normalized spacial score (nSPS) is 12.6. The maximum Gasteiger partial charge on any atom is 0.226 e. The van der Waals surface area contributed by atoms with Gasteiger partial charge in [-0.15, -0.1) is 0 Å². The lowest BCUT2D eigenvalue weighted by Gasteiger charge is -2.06. The Labute approximate surface area is 122 Å². The Morgan fingerprint density at radius 3 is 2.90 bits per heavy atom. The summed E-state index contributed by atoms with van der Waals surface area (Å²) in [6.07, 6.45) is 2.64. The van der Waals surface area contributed by atoms with Crippen LogP contribution in [0.4, 0.5) is 4.39 Å². The van der Waals surface area contributed by atoms with Gasteiger partial charge in [0.1, 0.15) is 5.82 Å². The van der Waals surface area contributed by atoms with Crippen molar-refractivity contribution in [3.8, 4) is 11.4 Å². The fourth-order valence-electron chi connectivity index (χ4n) is 1.91. The summed E-state index contributed by atoms with van der Waals surface area (Å²) in [6, 6.07) is 4.35. The lowest BCUT2D eigenvalue weighted by atomic mass is 10.0. The fraction of sp³-hybridized carbons (Fsp3) is 0.429. The summed E-state index contributed by atoms with van der Waals surface area (Å²) in [5.41, 5.74) is 6.15. The summed E-state index contributed by atoms with van der Waals surface area (Å²) < 4.78 is 18.3. The van der Waals surface area contributed by atoms with Gasteiger partial charge < -0.3 is 10.3 Å². The predicted molar refractivity (Wildman–Crippen MR) is 75.9 cm³/mol. The van der Waals surface area contributed by atoms with E-state index in [1.807, 2.05) is 0 Å². The van der Waals surface area contributed by atoms with Crippen molar-refractivity contribution in [2.24, 2.45) is 11.7 Å². The number of nitrogens with zero attached hydrogens (tertiary/aromatic N) is 2. The molecule has 0 saturated heterocycles. The van der Waals surface area contributed by atoms with Gasteiger partial charge in [-0.05, 0) is 43.5 Å². The third-order valence-electron chi connectivity index (χ3n) is 3.16. The Hall–Kier alpha value is -1.46. The quantitative estimate of drug-likeness (QED) is 0.887. The van der Waals surface area contributed by atoms with Crippen LogP contribution < -0.4 is 5.73 Å². The first-order valence-corrected chi connectivity index (χ1v) is 6.96. The molecule has 1 aromatic carbocycles. The smallest absolute Gasteiger partial charge is 0.226 e. The van der Waals surface area contributed by atoms with Crippen LogP contribution in [0.1, 0.15) is 25.7 Å². The molecular formula is C14H17ClFN3O. The number of benzene rings is 1. The van der Waals surface area contributed by atoms with Crippen LogP contribution in [0.15, 0.2) is 22.7 Å². The average Bonchev–Trinajstić information content (AvgIpc) is 2.89. The number of halogens is 2. The first kappa shape index (κ1) is 14.9. The van der Waals surface area contributed by atoms with Gasteiger partial charge in [0.2, 0.25) is 11.7 Å².